The molecule has 0 spiro atoms. The van der Waals surface area contributed by atoms with E-state index in [1.807, 2.05) is 24.3 Å². The zero-order valence-corrected chi connectivity index (χ0v) is 13.4. The second-order valence-corrected chi connectivity index (χ2v) is 6.79. The Kier molecular flexibility index (Phi) is 3.77. The van der Waals surface area contributed by atoms with E-state index in [0.717, 1.165) is 30.4 Å². The smallest absolute Gasteiger partial charge is 0.142 e. The van der Waals surface area contributed by atoms with Gasteiger partial charge in [0.05, 0.1) is 0 Å². The molecule has 0 radical (unpaired) electrons. The van der Waals surface area contributed by atoms with Crippen LogP contribution < -0.4 is 5.32 Å². The molecule has 3 N–H and O–H groups in total. The highest BCUT2D eigenvalue weighted by molar-refractivity contribution is 5.87. The molecule has 2 bridgehead atoms. The maximum absolute atomic E-state index is 13.0. The largest absolute Gasteiger partial charge is 0.508 e. The molecule has 0 unspecified atom stereocenters. The second kappa shape index (κ2) is 5.95. The van der Waals surface area contributed by atoms with Gasteiger partial charge < -0.3 is 15.5 Å². The standard InChI is InChI=1S/C20H21NO3/c22-16-10-3-1-6-12(16)18-14-8-5-9-15(20(14)24)19(21-18)13-7-2-4-11-17(13)23/h1-4,6-7,10-11,14-15,18-19,21-23H,5,8-9H2/t14-,15-,18+,19+/m1/s1. The Morgan fingerprint density at radius 1 is 0.792 bits per heavy atom. The molecule has 2 aromatic rings. The summed E-state index contributed by atoms with van der Waals surface area (Å²) in [6.45, 7) is 0. The Morgan fingerprint density at radius 3 is 1.71 bits per heavy atom. The van der Waals surface area contributed by atoms with Crippen molar-refractivity contribution >= 4 is 5.78 Å². The molecular weight excluding hydrogens is 302 g/mol. The van der Waals surface area contributed by atoms with Gasteiger partial charge in [0.25, 0.3) is 0 Å². The first kappa shape index (κ1) is 15.2. The van der Waals surface area contributed by atoms with Crippen LogP contribution in [-0.4, -0.2) is 16.0 Å². The first-order valence-corrected chi connectivity index (χ1v) is 8.52. The van der Waals surface area contributed by atoms with Crippen LogP contribution in [0.15, 0.2) is 48.5 Å². The van der Waals surface area contributed by atoms with Crippen LogP contribution in [0, 0.1) is 11.8 Å². The average Bonchev–Trinajstić information content (AvgIpc) is 2.57. The molecule has 2 aromatic carbocycles. The number of nitrogens with one attached hydrogen (secondary N) is 1. The van der Waals surface area contributed by atoms with E-state index in [1.165, 1.54) is 0 Å². The van der Waals surface area contributed by atoms with Crippen molar-refractivity contribution in [1.82, 2.24) is 5.32 Å². The van der Waals surface area contributed by atoms with E-state index in [9.17, 15) is 15.0 Å². The number of ketones is 1. The fourth-order valence-electron chi connectivity index (χ4n) is 4.32. The molecule has 24 heavy (non-hydrogen) atoms. The van der Waals surface area contributed by atoms with Gasteiger partial charge in [0.15, 0.2) is 0 Å². The molecular formula is C20H21NO3. The van der Waals surface area contributed by atoms with Gasteiger partial charge in [0, 0.05) is 35.0 Å². The number of Topliss-reactive ketones (excluding diaryl/α,β-unsaturated/α-hetero) is 1. The van der Waals surface area contributed by atoms with Crippen molar-refractivity contribution in [2.24, 2.45) is 11.8 Å². The quantitative estimate of drug-likeness (QED) is 0.791. The van der Waals surface area contributed by atoms with E-state index in [4.69, 9.17) is 0 Å². The van der Waals surface area contributed by atoms with Gasteiger partial charge >= 0.3 is 0 Å². The summed E-state index contributed by atoms with van der Waals surface area (Å²) in [6.07, 6.45) is 2.68. The minimum absolute atomic E-state index is 0.112. The summed E-state index contributed by atoms with van der Waals surface area (Å²) in [4.78, 5) is 13.0. The molecule has 124 valence electrons. The van der Waals surface area contributed by atoms with Gasteiger partial charge in [0.1, 0.15) is 17.3 Å². The van der Waals surface area contributed by atoms with Crippen molar-refractivity contribution < 1.29 is 15.0 Å². The van der Waals surface area contributed by atoms with E-state index in [2.05, 4.69) is 5.32 Å². The third-order valence-electron chi connectivity index (χ3n) is 5.47. The summed E-state index contributed by atoms with van der Waals surface area (Å²) in [5.74, 6) is 0.450. The SMILES string of the molecule is O=C1[C@@H]2CCC[C@@H]1[C@H](c1ccccc1O)N[C@H]2c1ccccc1O. The van der Waals surface area contributed by atoms with E-state index >= 15 is 0 Å². The van der Waals surface area contributed by atoms with Gasteiger partial charge in [0.2, 0.25) is 0 Å². The first-order chi connectivity index (χ1) is 11.7. The number of carbonyl (C=O) groups is 1. The highest BCUT2D eigenvalue weighted by Crippen LogP contribution is 2.48. The summed E-state index contributed by atoms with van der Waals surface area (Å²) in [7, 11) is 0. The number of rotatable bonds is 2. The number of hydrogen-bond donors (Lipinski definition) is 3. The van der Waals surface area contributed by atoms with Crippen molar-refractivity contribution in [1.29, 1.82) is 0 Å². The van der Waals surface area contributed by atoms with Gasteiger partial charge in [-0.3, -0.25) is 4.79 Å². The Hall–Kier alpha value is -2.33. The highest BCUT2D eigenvalue weighted by Gasteiger charge is 2.47. The fraction of sp³-hybridized carbons (Fsp3) is 0.350. The lowest BCUT2D eigenvalue weighted by Crippen LogP contribution is -2.50. The normalized spacial score (nSPS) is 29.4. The predicted molar refractivity (Wildman–Crippen MR) is 90.7 cm³/mol. The Labute approximate surface area is 141 Å². The lowest BCUT2D eigenvalue weighted by atomic mass is 9.67. The molecule has 4 rings (SSSR count). The van der Waals surface area contributed by atoms with Gasteiger partial charge in [-0.05, 0) is 25.0 Å². The number of hydrogen-bond acceptors (Lipinski definition) is 4. The molecule has 1 saturated heterocycles. The van der Waals surface area contributed by atoms with Gasteiger partial charge in [-0.15, -0.1) is 0 Å². The maximum Gasteiger partial charge on any atom is 0.142 e. The van der Waals surface area contributed by atoms with Crippen LogP contribution in [0.25, 0.3) is 0 Å². The van der Waals surface area contributed by atoms with E-state index < -0.39 is 0 Å². The van der Waals surface area contributed by atoms with Crippen molar-refractivity contribution in [2.75, 3.05) is 0 Å². The Balaban J connectivity index is 1.78. The number of benzene rings is 2. The average molecular weight is 323 g/mol. The Bertz CT molecular complexity index is 711. The van der Waals surface area contributed by atoms with Crippen LogP contribution >= 0.6 is 0 Å². The van der Waals surface area contributed by atoms with Gasteiger partial charge in [-0.25, -0.2) is 0 Å². The third-order valence-corrected chi connectivity index (χ3v) is 5.47. The van der Waals surface area contributed by atoms with Crippen LogP contribution in [0.4, 0.5) is 0 Å². The third kappa shape index (κ3) is 2.38. The van der Waals surface area contributed by atoms with E-state index in [-0.39, 0.29) is 41.2 Å². The number of para-hydroxylation sites is 2. The lowest BCUT2D eigenvalue weighted by Gasteiger charge is -2.45. The molecule has 2 fully saturated rings. The van der Waals surface area contributed by atoms with Gasteiger partial charge in [-0.2, -0.15) is 0 Å². The molecule has 4 heteroatoms. The number of carbonyl (C=O) groups excluding carboxylic acids is 1. The summed E-state index contributed by atoms with van der Waals surface area (Å²) in [5.41, 5.74) is 1.52. The number of phenols is 2. The number of phenolic OH excluding ortho intramolecular Hbond substituents is 2. The minimum atomic E-state index is -0.222. The minimum Gasteiger partial charge on any atom is -0.508 e. The predicted octanol–water partition coefficient (Wildman–Crippen LogP) is 3.47. The summed E-state index contributed by atoms with van der Waals surface area (Å²) >= 11 is 0. The fourth-order valence-corrected chi connectivity index (χ4v) is 4.32. The van der Waals surface area contributed by atoms with Crippen LogP contribution in [-0.2, 0) is 4.79 Å². The molecule has 1 aliphatic carbocycles. The Morgan fingerprint density at radius 2 is 1.25 bits per heavy atom. The van der Waals surface area contributed by atoms with E-state index in [1.54, 1.807) is 24.3 Å². The van der Waals surface area contributed by atoms with Crippen molar-refractivity contribution in [3.8, 4) is 11.5 Å². The first-order valence-electron chi connectivity index (χ1n) is 8.52. The lowest BCUT2D eigenvalue weighted by molar-refractivity contribution is -0.135. The summed E-state index contributed by atoms with van der Waals surface area (Å²) in [6, 6.07) is 13.9. The van der Waals surface area contributed by atoms with Crippen LogP contribution in [0.3, 0.4) is 0 Å². The maximum atomic E-state index is 13.0. The monoisotopic (exact) mass is 323 g/mol. The zero-order valence-electron chi connectivity index (χ0n) is 13.4. The second-order valence-electron chi connectivity index (χ2n) is 6.79. The highest BCUT2D eigenvalue weighted by atomic mass is 16.3. The van der Waals surface area contributed by atoms with Crippen LogP contribution in [0.1, 0.15) is 42.5 Å². The topological polar surface area (TPSA) is 69.6 Å². The van der Waals surface area contributed by atoms with Crippen LogP contribution in [0.2, 0.25) is 0 Å². The molecule has 1 heterocycles. The van der Waals surface area contributed by atoms with Crippen molar-refractivity contribution in [2.45, 2.75) is 31.3 Å². The molecule has 1 aliphatic heterocycles. The van der Waals surface area contributed by atoms with Crippen molar-refractivity contribution in [3.05, 3.63) is 59.7 Å². The molecule has 4 nitrogen and oxygen atoms in total. The zero-order chi connectivity index (χ0) is 16.7. The van der Waals surface area contributed by atoms with Crippen LogP contribution in [0.5, 0.6) is 11.5 Å². The molecule has 0 aromatic heterocycles. The summed E-state index contributed by atoms with van der Waals surface area (Å²) in [5, 5.41) is 24.1. The van der Waals surface area contributed by atoms with Crippen molar-refractivity contribution in [3.63, 3.8) is 0 Å². The molecule has 1 saturated carbocycles. The molecule has 4 atom stereocenters. The summed E-state index contributed by atoms with van der Waals surface area (Å²) < 4.78 is 0. The molecule has 2 aliphatic rings. The number of fused-ring (bicyclic) bond motifs is 2. The number of aromatic hydroxyl groups is 2. The van der Waals surface area contributed by atoms with E-state index in [0.29, 0.717) is 0 Å². The molecule has 0 amide bonds. The number of piperidine rings is 1. The van der Waals surface area contributed by atoms with Gasteiger partial charge in [-0.1, -0.05) is 42.8 Å².